The summed E-state index contributed by atoms with van der Waals surface area (Å²) in [7, 11) is 0. The van der Waals surface area contributed by atoms with Crippen LogP contribution in [0.3, 0.4) is 0 Å². The fraction of sp³-hybridized carbons (Fsp3) is 1.00. The van der Waals surface area contributed by atoms with Crippen molar-refractivity contribution in [2.45, 2.75) is 70.1 Å². The quantitative estimate of drug-likeness (QED) is 0.112. The van der Waals surface area contributed by atoms with Crippen LogP contribution in [0.5, 0.6) is 0 Å². The number of rotatable bonds is 15. The van der Waals surface area contributed by atoms with Crippen LogP contribution in [0.1, 0.15) is 57.8 Å². The molecule has 0 bridgehead atoms. The van der Waals surface area contributed by atoms with Crippen molar-refractivity contribution in [2.24, 2.45) is 0 Å². The van der Waals surface area contributed by atoms with Crippen LogP contribution in [-0.2, 0) is 10.0 Å². The molecule has 0 spiro atoms. The summed E-state index contributed by atoms with van der Waals surface area (Å²) in [5, 5.41) is 38.8. The van der Waals surface area contributed by atoms with Gasteiger partial charge in [-0.25, -0.2) is 10.7 Å². The average Bonchev–Trinajstić information content (AvgIpc) is 2.43. The second-order valence-electron chi connectivity index (χ2n) is 4.78. The normalized spacial score (nSPS) is 14.4. The van der Waals surface area contributed by atoms with Crippen LogP contribution in [0.25, 0.3) is 0 Å². The molecule has 8 heteroatoms. The Bertz CT molecular complexity index is 179. The van der Waals surface area contributed by atoms with E-state index in [4.69, 9.17) is 10.4 Å². The van der Waals surface area contributed by atoms with Gasteiger partial charge in [-0.3, -0.25) is 0 Å². The van der Waals surface area contributed by atoms with Crippen LogP contribution in [0.15, 0.2) is 0 Å². The van der Waals surface area contributed by atoms with Crippen LogP contribution in [-0.4, -0.2) is 39.5 Å². The molecule has 0 fully saturated rings. The summed E-state index contributed by atoms with van der Waals surface area (Å²) in [6, 6.07) is 0. The molecule has 122 valence electrons. The lowest BCUT2D eigenvalue weighted by Gasteiger charge is -2.12. The Hall–Kier alpha value is -0.320. The van der Waals surface area contributed by atoms with Crippen molar-refractivity contribution in [3.8, 4) is 0 Å². The molecule has 8 nitrogen and oxygen atoms in total. The number of unbranched alkanes of at least 4 members (excludes halogenated alkanes) is 4. The van der Waals surface area contributed by atoms with E-state index in [0.717, 1.165) is 51.4 Å². The Morgan fingerprint density at radius 1 is 0.850 bits per heavy atom. The number of nitrogens with one attached hydrogen (secondary N) is 2. The predicted molar refractivity (Wildman–Crippen MR) is 71.7 cm³/mol. The molecular formula is C12H28N2O6. The standard InChI is InChI=1S/C12H28N2O6/c15-10-6-5-8-11(16)7-3-1-2-4-9-12(17)13-14-19-20-18/h11-18H,1-10H2. The topological polar surface area (TPSA) is 123 Å². The molecule has 2 atom stereocenters. The maximum absolute atomic E-state index is 9.66. The molecule has 6 N–H and O–H groups in total. The largest absolute Gasteiger partial charge is 0.396 e. The third-order valence-electron chi connectivity index (χ3n) is 3.01. The number of hydrogen-bond acceptors (Lipinski definition) is 8. The molecule has 2 unspecified atom stereocenters. The van der Waals surface area contributed by atoms with E-state index >= 15 is 0 Å². The first kappa shape index (κ1) is 19.7. The van der Waals surface area contributed by atoms with Gasteiger partial charge in [0.05, 0.1) is 6.10 Å². The summed E-state index contributed by atoms with van der Waals surface area (Å²) < 4.78 is 0. The third kappa shape index (κ3) is 14.1. The minimum atomic E-state index is -0.783. The SMILES string of the molecule is OCCCCC(O)CCCCCCC(O)NNOOO. The second-order valence-corrected chi connectivity index (χ2v) is 4.78. The Balaban J connectivity index is 3.22. The third-order valence-corrected chi connectivity index (χ3v) is 3.01. The lowest BCUT2D eigenvalue weighted by molar-refractivity contribution is -0.520. The van der Waals surface area contributed by atoms with Gasteiger partial charge in [0.1, 0.15) is 6.23 Å². The molecule has 0 aromatic heterocycles. The summed E-state index contributed by atoms with van der Waals surface area (Å²) in [4.78, 5) is 3.91. The van der Waals surface area contributed by atoms with E-state index < -0.39 is 6.23 Å². The van der Waals surface area contributed by atoms with Crippen LogP contribution in [0, 0.1) is 0 Å². The Morgan fingerprint density at radius 2 is 1.45 bits per heavy atom. The Morgan fingerprint density at radius 3 is 2.05 bits per heavy atom. The second kappa shape index (κ2) is 15.1. The molecule has 0 heterocycles. The molecule has 0 aromatic carbocycles. The van der Waals surface area contributed by atoms with E-state index in [1.54, 1.807) is 0 Å². The summed E-state index contributed by atoms with van der Waals surface area (Å²) in [6.45, 7) is 0.188. The van der Waals surface area contributed by atoms with Crippen LogP contribution >= 0.6 is 0 Å². The molecule has 0 radical (unpaired) electrons. The maximum atomic E-state index is 9.66. The van der Waals surface area contributed by atoms with Gasteiger partial charge in [0, 0.05) is 6.61 Å². The monoisotopic (exact) mass is 296 g/mol. The molecule has 0 aliphatic carbocycles. The molecule has 0 aromatic rings. The summed E-state index contributed by atoms with van der Waals surface area (Å²) in [6.07, 6.45) is 6.43. The van der Waals surface area contributed by atoms with Crippen molar-refractivity contribution in [2.75, 3.05) is 6.61 Å². The zero-order valence-electron chi connectivity index (χ0n) is 11.8. The summed E-state index contributed by atoms with van der Waals surface area (Å²) in [5.74, 6) is 0. The van der Waals surface area contributed by atoms with E-state index in [1.165, 1.54) is 0 Å². The molecule has 0 aliphatic rings. The first-order valence-corrected chi connectivity index (χ1v) is 7.15. The highest BCUT2D eigenvalue weighted by Gasteiger charge is 2.05. The minimum absolute atomic E-state index is 0.188. The Labute approximate surface area is 119 Å². The first-order valence-electron chi connectivity index (χ1n) is 7.15. The van der Waals surface area contributed by atoms with Crippen LogP contribution < -0.4 is 11.0 Å². The number of aliphatic hydroxyl groups excluding tert-OH is 3. The van der Waals surface area contributed by atoms with Crippen molar-refractivity contribution in [3.05, 3.63) is 0 Å². The molecule has 20 heavy (non-hydrogen) atoms. The van der Waals surface area contributed by atoms with Gasteiger partial charge >= 0.3 is 0 Å². The van der Waals surface area contributed by atoms with Gasteiger partial charge in [-0.1, -0.05) is 34.9 Å². The molecule has 0 amide bonds. The molecule has 0 saturated carbocycles. The number of aliphatic hydroxyl groups is 3. The predicted octanol–water partition coefficient (Wildman–Crippen LogP) is 0.599. The summed E-state index contributed by atoms with van der Waals surface area (Å²) >= 11 is 0. The molecule has 0 rings (SSSR count). The minimum Gasteiger partial charge on any atom is -0.396 e. The highest BCUT2D eigenvalue weighted by atomic mass is 17.5. The van der Waals surface area contributed by atoms with E-state index in [9.17, 15) is 10.2 Å². The van der Waals surface area contributed by atoms with Gasteiger partial charge in [-0.05, 0) is 38.5 Å². The van der Waals surface area contributed by atoms with Crippen molar-refractivity contribution < 1.29 is 30.6 Å². The van der Waals surface area contributed by atoms with Crippen LogP contribution in [0.2, 0.25) is 0 Å². The maximum Gasteiger partial charge on any atom is 0.119 e. The fourth-order valence-corrected chi connectivity index (χ4v) is 1.89. The van der Waals surface area contributed by atoms with Gasteiger partial charge in [0.2, 0.25) is 0 Å². The van der Waals surface area contributed by atoms with Crippen LogP contribution in [0.4, 0.5) is 0 Å². The molecule has 0 saturated heterocycles. The zero-order valence-corrected chi connectivity index (χ0v) is 11.8. The fourth-order valence-electron chi connectivity index (χ4n) is 1.89. The van der Waals surface area contributed by atoms with Gasteiger partial charge in [-0.15, -0.1) is 0 Å². The average molecular weight is 296 g/mol. The summed E-state index contributed by atoms with van der Waals surface area (Å²) in [5.41, 5.74) is 4.36. The van der Waals surface area contributed by atoms with E-state index in [2.05, 4.69) is 15.5 Å². The highest BCUT2D eigenvalue weighted by molar-refractivity contribution is 4.57. The number of hydrogen-bond donors (Lipinski definition) is 6. The number of hydrazine groups is 1. The van der Waals surface area contributed by atoms with E-state index in [0.29, 0.717) is 6.42 Å². The van der Waals surface area contributed by atoms with Gasteiger partial charge in [-0.2, -0.15) is 0 Å². The van der Waals surface area contributed by atoms with Crippen molar-refractivity contribution in [1.29, 1.82) is 0 Å². The zero-order chi connectivity index (χ0) is 15.1. The van der Waals surface area contributed by atoms with Gasteiger partial charge in [0.25, 0.3) is 0 Å². The van der Waals surface area contributed by atoms with Gasteiger partial charge < -0.3 is 15.3 Å². The van der Waals surface area contributed by atoms with E-state index in [1.807, 2.05) is 5.59 Å². The first-order chi connectivity index (χ1) is 9.70. The molecular weight excluding hydrogens is 268 g/mol. The van der Waals surface area contributed by atoms with Gasteiger partial charge in [0.15, 0.2) is 0 Å². The highest BCUT2D eigenvalue weighted by Crippen LogP contribution is 2.11. The Kier molecular flexibility index (Phi) is 14.8. The smallest absolute Gasteiger partial charge is 0.119 e. The van der Waals surface area contributed by atoms with E-state index in [-0.39, 0.29) is 12.7 Å². The van der Waals surface area contributed by atoms with Crippen molar-refractivity contribution in [3.63, 3.8) is 0 Å². The lowest BCUT2D eigenvalue weighted by atomic mass is 10.0. The van der Waals surface area contributed by atoms with Crippen molar-refractivity contribution in [1.82, 2.24) is 11.0 Å². The molecule has 0 aliphatic heterocycles. The van der Waals surface area contributed by atoms with Crippen molar-refractivity contribution >= 4 is 0 Å². The lowest BCUT2D eigenvalue weighted by Crippen LogP contribution is -2.40.